The molecule has 0 bridgehead atoms. The zero-order valence-corrected chi connectivity index (χ0v) is 10.0. The molecule has 1 aromatic carbocycles. The molecule has 0 aliphatic rings. The first-order valence-corrected chi connectivity index (χ1v) is 5.52. The van der Waals surface area contributed by atoms with Gasteiger partial charge in [0, 0.05) is 12.4 Å². The van der Waals surface area contributed by atoms with Crippen LogP contribution in [-0.4, -0.2) is 9.78 Å². The van der Waals surface area contributed by atoms with Gasteiger partial charge in [0.15, 0.2) is 0 Å². The fraction of sp³-hybridized carbons (Fsp3) is 0.308. The Morgan fingerprint density at radius 1 is 0.867 bits per heavy atom. The molecule has 0 amide bonds. The van der Waals surface area contributed by atoms with Crippen LogP contribution in [0, 0.1) is 0 Å². The molecule has 0 aliphatic carbocycles. The molecule has 2 aromatic rings. The summed E-state index contributed by atoms with van der Waals surface area (Å²) < 4.78 is 1.83. The van der Waals surface area contributed by atoms with Gasteiger partial charge >= 0.3 is 0 Å². The molecule has 1 heterocycles. The molecule has 82 valence electrons. The summed E-state index contributed by atoms with van der Waals surface area (Å²) in [5.41, 5.74) is 1.09. The molecule has 1 aromatic heterocycles. The molecular weight excluding hydrogens is 184 g/mol. The van der Waals surface area contributed by atoms with E-state index in [1.807, 2.05) is 75.0 Å². The van der Waals surface area contributed by atoms with Gasteiger partial charge in [-0.15, -0.1) is 0 Å². The summed E-state index contributed by atoms with van der Waals surface area (Å²) in [6.45, 7) is 8.00. The van der Waals surface area contributed by atoms with Gasteiger partial charge in [-0.25, -0.2) is 4.68 Å². The van der Waals surface area contributed by atoms with E-state index in [4.69, 9.17) is 0 Å². The maximum atomic E-state index is 4.10. The van der Waals surface area contributed by atoms with E-state index in [9.17, 15) is 0 Å². The molecule has 2 rings (SSSR count). The lowest BCUT2D eigenvalue weighted by Gasteiger charge is -1.97. The number of aromatic nitrogens is 2. The first kappa shape index (κ1) is 13.4. The molecule has 0 radical (unpaired) electrons. The summed E-state index contributed by atoms with van der Waals surface area (Å²) >= 11 is 0. The highest BCUT2D eigenvalue weighted by Gasteiger charge is 1.90. The molecule has 0 aliphatic heterocycles. The van der Waals surface area contributed by atoms with E-state index in [2.05, 4.69) is 5.10 Å². The molecule has 15 heavy (non-hydrogen) atoms. The van der Waals surface area contributed by atoms with Gasteiger partial charge in [0.05, 0.1) is 5.69 Å². The summed E-state index contributed by atoms with van der Waals surface area (Å²) in [6.07, 6.45) is 3.70. The van der Waals surface area contributed by atoms with Gasteiger partial charge in [0.2, 0.25) is 0 Å². The van der Waals surface area contributed by atoms with Gasteiger partial charge in [0.25, 0.3) is 0 Å². The van der Waals surface area contributed by atoms with Crippen LogP contribution < -0.4 is 0 Å². The standard InChI is InChI=1S/C9H8N2.2C2H6/c1-2-5-9(6-3-1)11-8-4-7-10-11;2*1-2/h1-8H;2*1-2H3. The quantitative estimate of drug-likeness (QED) is 0.688. The second-order valence-corrected chi connectivity index (χ2v) is 2.29. The highest BCUT2D eigenvalue weighted by molar-refractivity contribution is 5.29. The third-order valence-electron chi connectivity index (χ3n) is 1.53. The second kappa shape index (κ2) is 9.00. The predicted octanol–water partition coefficient (Wildman–Crippen LogP) is 3.92. The van der Waals surface area contributed by atoms with Crippen LogP contribution in [0.2, 0.25) is 0 Å². The minimum absolute atomic E-state index is 1.09. The molecule has 0 spiro atoms. The van der Waals surface area contributed by atoms with E-state index in [0.717, 1.165) is 5.69 Å². The van der Waals surface area contributed by atoms with Crippen LogP contribution in [0.15, 0.2) is 48.8 Å². The summed E-state index contributed by atoms with van der Waals surface area (Å²) in [6, 6.07) is 11.9. The number of hydrogen-bond donors (Lipinski definition) is 0. The van der Waals surface area contributed by atoms with Crippen molar-refractivity contribution in [3.05, 3.63) is 48.8 Å². The average molecular weight is 204 g/mol. The molecule has 0 fully saturated rings. The van der Waals surface area contributed by atoms with Crippen molar-refractivity contribution in [1.29, 1.82) is 0 Å². The first-order chi connectivity index (χ1) is 7.47. The summed E-state index contributed by atoms with van der Waals surface area (Å²) in [4.78, 5) is 0. The van der Waals surface area contributed by atoms with E-state index in [0.29, 0.717) is 0 Å². The van der Waals surface area contributed by atoms with Gasteiger partial charge in [-0.3, -0.25) is 0 Å². The van der Waals surface area contributed by atoms with Gasteiger partial charge in [-0.1, -0.05) is 45.9 Å². The van der Waals surface area contributed by atoms with Crippen molar-refractivity contribution >= 4 is 0 Å². The number of rotatable bonds is 1. The maximum absolute atomic E-state index is 4.10. The van der Waals surface area contributed by atoms with E-state index >= 15 is 0 Å². The van der Waals surface area contributed by atoms with Gasteiger partial charge in [-0.05, 0) is 18.2 Å². The largest absolute Gasteiger partial charge is 0.241 e. The minimum Gasteiger partial charge on any atom is -0.241 e. The van der Waals surface area contributed by atoms with E-state index in [-0.39, 0.29) is 0 Å². The third kappa shape index (κ3) is 4.45. The Morgan fingerprint density at radius 2 is 1.47 bits per heavy atom. The number of benzene rings is 1. The molecule has 2 nitrogen and oxygen atoms in total. The predicted molar refractivity (Wildman–Crippen MR) is 66.3 cm³/mol. The highest BCUT2D eigenvalue weighted by Crippen LogP contribution is 2.03. The zero-order valence-electron chi connectivity index (χ0n) is 10.0. The fourth-order valence-corrected chi connectivity index (χ4v) is 1.00. The van der Waals surface area contributed by atoms with E-state index < -0.39 is 0 Å². The van der Waals surface area contributed by atoms with Crippen LogP contribution in [-0.2, 0) is 0 Å². The minimum atomic E-state index is 1.09. The van der Waals surface area contributed by atoms with Crippen molar-refractivity contribution in [3.8, 4) is 5.69 Å². The molecule has 0 N–H and O–H groups in total. The SMILES string of the molecule is CC.CC.c1ccc(-n2cccn2)cc1. The van der Waals surface area contributed by atoms with Gasteiger partial charge < -0.3 is 0 Å². The average Bonchev–Trinajstić information content (AvgIpc) is 2.89. The molecule has 0 atom stereocenters. The maximum Gasteiger partial charge on any atom is 0.0645 e. The van der Waals surface area contributed by atoms with Crippen molar-refractivity contribution in [2.45, 2.75) is 27.7 Å². The lowest BCUT2D eigenvalue weighted by Crippen LogP contribution is -1.91. The van der Waals surface area contributed by atoms with E-state index in [1.165, 1.54) is 0 Å². The van der Waals surface area contributed by atoms with Crippen LogP contribution in [0.5, 0.6) is 0 Å². The van der Waals surface area contributed by atoms with Crippen LogP contribution in [0.25, 0.3) is 5.69 Å². The fourth-order valence-electron chi connectivity index (χ4n) is 1.00. The topological polar surface area (TPSA) is 17.8 Å². The monoisotopic (exact) mass is 204 g/mol. The van der Waals surface area contributed by atoms with Crippen molar-refractivity contribution in [1.82, 2.24) is 9.78 Å². The van der Waals surface area contributed by atoms with Crippen molar-refractivity contribution in [3.63, 3.8) is 0 Å². The Labute approximate surface area is 92.6 Å². The van der Waals surface area contributed by atoms with Crippen LogP contribution in [0.3, 0.4) is 0 Å². The molecular formula is C13H20N2. The summed E-state index contributed by atoms with van der Waals surface area (Å²) in [5.74, 6) is 0. The Morgan fingerprint density at radius 3 is 1.93 bits per heavy atom. The Hall–Kier alpha value is -1.57. The first-order valence-electron chi connectivity index (χ1n) is 5.52. The van der Waals surface area contributed by atoms with Crippen LogP contribution >= 0.6 is 0 Å². The molecule has 0 unspecified atom stereocenters. The normalized spacial score (nSPS) is 8.00. The Bertz CT molecular complexity index is 312. The van der Waals surface area contributed by atoms with Crippen LogP contribution in [0.1, 0.15) is 27.7 Å². The van der Waals surface area contributed by atoms with Gasteiger partial charge in [-0.2, -0.15) is 5.10 Å². The summed E-state index contributed by atoms with van der Waals surface area (Å²) in [5, 5.41) is 4.10. The number of nitrogens with zero attached hydrogens (tertiary/aromatic N) is 2. The van der Waals surface area contributed by atoms with Crippen molar-refractivity contribution < 1.29 is 0 Å². The summed E-state index contributed by atoms with van der Waals surface area (Å²) in [7, 11) is 0. The van der Waals surface area contributed by atoms with Gasteiger partial charge in [0.1, 0.15) is 0 Å². The second-order valence-electron chi connectivity index (χ2n) is 2.29. The molecule has 2 heteroatoms. The lowest BCUT2D eigenvalue weighted by atomic mass is 10.3. The lowest BCUT2D eigenvalue weighted by molar-refractivity contribution is 0.880. The van der Waals surface area contributed by atoms with Crippen molar-refractivity contribution in [2.24, 2.45) is 0 Å². The Kier molecular flexibility index (Phi) is 8.06. The van der Waals surface area contributed by atoms with E-state index in [1.54, 1.807) is 6.20 Å². The number of para-hydroxylation sites is 1. The number of hydrogen-bond acceptors (Lipinski definition) is 1. The van der Waals surface area contributed by atoms with Crippen LogP contribution in [0.4, 0.5) is 0 Å². The molecule has 0 saturated carbocycles. The smallest absolute Gasteiger partial charge is 0.0645 e. The zero-order chi connectivity index (χ0) is 11.5. The van der Waals surface area contributed by atoms with Crippen molar-refractivity contribution in [2.75, 3.05) is 0 Å². The Balaban J connectivity index is 0.000000442. The highest BCUT2D eigenvalue weighted by atomic mass is 15.3. The third-order valence-corrected chi connectivity index (χ3v) is 1.53. The molecule has 0 saturated heterocycles.